The highest BCUT2D eigenvalue weighted by Gasteiger charge is 2.21. The molecule has 1 aliphatic heterocycles. The molecule has 1 N–H and O–H groups in total. The average molecular weight is 410 g/mol. The zero-order valence-electron chi connectivity index (χ0n) is 18.3. The number of carbonyl (C=O) groups is 2. The molecule has 160 valence electrons. The van der Waals surface area contributed by atoms with E-state index in [0.29, 0.717) is 39.3 Å². The van der Waals surface area contributed by atoms with E-state index in [-0.39, 0.29) is 11.8 Å². The summed E-state index contributed by atoms with van der Waals surface area (Å²) in [6.45, 7) is 9.86. The van der Waals surface area contributed by atoms with Crippen molar-refractivity contribution in [1.82, 2.24) is 24.9 Å². The van der Waals surface area contributed by atoms with Gasteiger partial charge in [0, 0.05) is 50.6 Å². The van der Waals surface area contributed by atoms with E-state index in [9.17, 15) is 9.59 Å². The predicted molar refractivity (Wildman–Crippen MR) is 118 cm³/mol. The topological polar surface area (TPSA) is 70.5 Å². The van der Waals surface area contributed by atoms with Crippen LogP contribution in [0.2, 0.25) is 0 Å². The van der Waals surface area contributed by atoms with Crippen LogP contribution in [0.25, 0.3) is 6.08 Å². The Morgan fingerprint density at radius 2 is 1.73 bits per heavy atom. The summed E-state index contributed by atoms with van der Waals surface area (Å²) >= 11 is 0. The highest BCUT2D eigenvalue weighted by Crippen LogP contribution is 2.17. The fraction of sp³-hybridized carbons (Fsp3) is 0.435. The Hall–Kier alpha value is -2.93. The van der Waals surface area contributed by atoms with E-state index in [1.807, 2.05) is 29.5 Å². The van der Waals surface area contributed by atoms with E-state index in [0.717, 1.165) is 17.0 Å². The number of benzene rings is 1. The second-order valence-corrected chi connectivity index (χ2v) is 7.84. The molecule has 0 unspecified atom stereocenters. The highest BCUT2D eigenvalue weighted by molar-refractivity contribution is 5.92. The minimum atomic E-state index is -0.000298. The molecule has 0 aliphatic carbocycles. The van der Waals surface area contributed by atoms with Gasteiger partial charge in [0.15, 0.2) is 0 Å². The van der Waals surface area contributed by atoms with Crippen LogP contribution in [0.1, 0.15) is 28.1 Å². The first kappa shape index (κ1) is 21.8. The maximum atomic E-state index is 12.6. The van der Waals surface area contributed by atoms with Gasteiger partial charge in [0.05, 0.1) is 18.8 Å². The SMILES string of the molecule is CNC(=O)CN1CCN(C(=O)C=Cc2c(C)nn(Cc3ccc(C)cc3)c2C)CC1. The summed E-state index contributed by atoms with van der Waals surface area (Å²) in [6, 6.07) is 8.45. The number of aromatic nitrogens is 2. The summed E-state index contributed by atoms with van der Waals surface area (Å²) in [4.78, 5) is 28.0. The maximum absolute atomic E-state index is 12.6. The molecule has 3 rings (SSSR count). The highest BCUT2D eigenvalue weighted by atomic mass is 16.2. The fourth-order valence-corrected chi connectivity index (χ4v) is 3.64. The lowest BCUT2D eigenvalue weighted by Crippen LogP contribution is -2.50. The Labute approximate surface area is 178 Å². The van der Waals surface area contributed by atoms with Crippen molar-refractivity contribution < 1.29 is 9.59 Å². The number of hydrogen-bond donors (Lipinski definition) is 1. The van der Waals surface area contributed by atoms with Gasteiger partial charge in [0.25, 0.3) is 0 Å². The Morgan fingerprint density at radius 1 is 1.07 bits per heavy atom. The summed E-state index contributed by atoms with van der Waals surface area (Å²) in [5, 5.41) is 7.29. The molecule has 0 radical (unpaired) electrons. The number of amides is 2. The van der Waals surface area contributed by atoms with E-state index in [1.165, 1.54) is 11.1 Å². The van der Waals surface area contributed by atoms with Crippen LogP contribution in [0.15, 0.2) is 30.3 Å². The van der Waals surface area contributed by atoms with Gasteiger partial charge in [-0.2, -0.15) is 5.10 Å². The van der Waals surface area contributed by atoms with Gasteiger partial charge in [0.2, 0.25) is 11.8 Å². The lowest BCUT2D eigenvalue weighted by molar-refractivity contribution is -0.128. The second kappa shape index (κ2) is 9.71. The number of rotatable bonds is 6. The van der Waals surface area contributed by atoms with Crippen molar-refractivity contribution in [2.24, 2.45) is 0 Å². The van der Waals surface area contributed by atoms with Crippen molar-refractivity contribution in [2.45, 2.75) is 27.3 Å². The van der Waals surface area contributed by atoms with Crippen molar-refractivity contribution in [1.29, 1.82) is 0 Å². The molecule has 2 amide bonds. The van der Waals surface area contributed by atoms with Gasteiger partial charge in [-0.05, 0) is 32.4 Å². The summed E-state index contributed by atoms with van der Waals surface area (Å²) in [6.07, 6.45) is 3.52. The average Bonchev–Trinajstić information content (AvgIpc) is 3.00. The molecule has 1 saturated heterocycles. The van der Waals surface area contributed by atoms with Crippen LogP contribution in [0.5, 0.6) is 0 Å². The largest absolute Gasteiger partial charge is 0.358 e. The standard InChI is InChI=1S/C23H31N5O2/c1-17-5-7-20(8-6-17)15-28-19(3)21(18(2)25-28)9-10-23(30)27-13-11-26(12-14-27)16-22(29)24-4/h5-10H,11-16H2,1-4H3,(H,24,29). The Kier molecular flexibility index (Phi) is 7.05. The summed E-state index contributed by atoms with van der Waals surface area (Å²) in [5.41, 5.74) is 5.40. The molecule has 7 heteroatoms. The lowest BCUT2D eigenvalue weighted by Gasteiger charge is -2.33. The normalized spacial score (nSPS) is 15.0. The first-order valence-electron chi connectivity index (χ1n) is 10.4. The van der Waals surface area contributed by atoms with Crippen molar-refractivity contribution in [3.63, 3.8) is 0 Å². The van der Waals surface area contributed by atoms with E-state index in [1.54, 1.807) is 13.1 Å². The van der Waals surface area contributed by atoms with E-state index in [4.69, 9.17) is 0 Å². The molecule has 7 nitrogen and oxygen atoms in total. The third-order valence-electron chi connectivity index (χ3n) is 5.61. The monoisotopic (exact) mass is 409 g/mol. The van der Waals surface area contributed by atoms with Crippen LogP contribution < -0.4 is 5.32 Å². The number of hydrogen-bond acceptors (Lipinski definition) is 4. The van der Waals surface area contributed by atoms with E-state index < -0.39 is 0 Å². The molecule has 0 spiro atoms. The van der Waals surface area contributed by atoms with E-state index >= 15 is 0 Å². The Morgan fingerprint density at radius 3 is 2.37 bits per heavy atom. The van der Waals surface area contributed by atoms with Crippen molar-refractivity contribution in [2.75, 3.05) is 39.8 Å². The molecule has 0 atom stereocenters. The Balaban J connectivity index is 1.60. The zero-order chi connectivity index (χ0) is 21.7. The number of carbonyl (C=O) groups excluding carboxylic acids is 2. The molecule has 1 aliphatic rings. The molecule has 1 fully saturated rings. The van der Waals surface area contributed by atoms with Crippen molar-refractivity contribution in [3.8, 4) is 0 Å². The second-order valence-electron chi connectivity index (χ2n) is 7.84. The van der Waals surface area contributed by atoms with Crippen LogP contribution >= 0.6 is 0 Å². The number of nitrogens with one attached hydrogen (secondary N) is 1. The molecule has 2 heterocycles. The number of nitrogens with zero attached hydrogens (tertiary/aromatic N) is 4. The fourth-order valence-electron chi connectivity index (χ4n) is 3.64. The molecular weight excluding hydrogens is 378 g/mol. The Bertz CT molecular complexity index is 922. The van der Waals surface area contributed by atoms with Gasteiger partial charge < -0.3 is 10.2 Å². The van der Waals surface area contributed by atoms with Crippen LogP contribution in [-0.4, -0.2) is 71.2 Å². The number of piperazine rings is 1. The van der Waals surface area contributed by atoms with Crippen LogP contribution in [0.3, 0.4) is 0 Å². The molecule has 0 bridgehead atoms. The zero-order valence-corrected chi connectivity index (χ0v) is 18.3. The van der Waals surface area contributed by atoms with Gasteiger partial charge in [-0.1, -0.05) is 29.8 Å². The van der Waals surface area contributed by atoms with Crippen LogP contribution in [-0.2, 0) is 16.1 Å². The number of aryl methyl sites for hydroxylation is 2. The molecular formula is C23H31N5O2. The van der Waals surface area contributed by atoms with E-state index in [2.05, 4.69) is 46.5 Å². The van der Waals surface area contributed by atoms with Gasteiger partial charge in [-0.25, -0.2) is 0 Å². The van der Waals surface area contributed by atoms with Gasteiger partial charge in [-0.15, -0.1) is 0 Å². The minimum Gasteiger partial charge on any atom is -0.358 e. The molecule has 2 aromatic rings. The lowest BCUT2D eigenvalue weighted by atomic mass is 10.1. The van der Waals surface area contributed by atoms with Crippen LogP contribution in [0, 0.1) is 20.8 Å². The summed E-state index contributed by atoms with van der Waals surface area (Å²) < 4.78 is 1.99. The quantitative estimate of drug-likeness (QED) is 0.738. The predicted octanol–water partition coefficient (Wildman–Crippen LogP) is 1.76. The van der Waals surface area contributed by atoms with Crippen LogP contribution in [0.4, 0.5) is 0 Å². The van der Waals surface area contributed by atoms with Gasteiger partial charge >= 0.3 is 0 Å². The maximum Gasteiger partial charge on any atom is 0.246 e. The summed E-state index contributed by atoms with van der Waals surface area (Å²) in [5.74, 6) is 0.00273. The minimum absolute atomic E-state index is 0.000298. The molecule has 1 aromatic heterocycles. The number of likely N-dealkylation sites (N-methyl/N-ethyl adjacent to an activating group) is 1. The van der Waals surface area contributed by atoms with Gasteiger partial charge in [0.1, 0.15) is 0 Å². The molecule has 0 saturated carbocycles. The third kappa shape index (κ3) is 5.36. The molecule has 1 aromatic carbocycles. The van der Waals surface area contributed by atoms with Gasteiger partial charge in [-0.3, -0.25) is 19.2 Å². The third-order valence-corrected chi connectivity index (χ3v) is 5.61. The molecule has 30 heavy (non-hydrogen) atoms. The first-order valence-corrected chi connectivity index (χ1v) is 10.4. The van der Waals surface area contributed by atoms with Crippen molar-refractivity contribution in [3.05, 3.63) is 58.4 Å². The smallest absolute Gasteiger partial charge is 0.246 e. The summed E-state index contributed by atoms with van der Waals surface area (Å²) in [7, 11) is 1.64. The first-order chi connectivity index (χ1) is 14.4. The van der Waals surface area contributed by atoms with Crippen molar-refractivity contribution >= 4 is 17.9 Å².